The molecule has 0 saturated carbocycles. The van der Waals surface area contributed by atoms with Gasteiger partial charge < -0.3 is 29.5 Å². The van der Waals surface area contributed by atoms with E-state index in [1.807, 2.05) is 34.6 Å². The minimum Gasteiger partial charge on any atom is -0.374 e. The largest absolute Gasteiger partial charge is 0.503 e. The summed E-state index contributed by atoms with van der Waals surface area (Å²) in [7, 11) is -2.78. The molecule has 0 amide bonds. The molecule has 1 fully saturated rings. The van der Waals surface area contributed by atoms with E-state index in [0.29, 0.717) is 19.8 Å². The van der Waals surface area contributed by atoms with Gasteiger partial charge in [-0.3, -0.25) is 0 Å². The zero-order valence-corrected chi connectivity index (χ0v) is 15.8. The average molecular weight is 335 g/mol. The number of hydrogen-bond acceptors (Lipinski definition) is 6. The van der Waals surface area contributed by atoms with Crippen LogP contribution < -0.4 is 11.5 Å². The second-order valence-corrected chi connectivity index (χ2v) is 8.47. The molecule has 0 bridgehead atoms. The first-order valence-corrected chi connectivity index (χ1v) is 10.5. The second kappa shape index (κ2) is 8.72. The van der Waals surface area contributed by atoms with Gasteiger partial charge in [0.15, 0.2) is 5.79 Å². The third-order valence-corrected chi connectivity index (χ3v) is 7.27. The fraction of sp³-hybridized carbons (Fsp3) is 1.00. The molecule has 0 aromatic rings. The second-order valence-electron chi connectivity index (χ2n) is 5.82. The Balaban J connectivity index is 3.20. The van der Waals surface area contributed by atoms with Gasteiger partial charge in [-0.15, -0.1) is 0 Å². The van der Waals surface area contributed by atoms with Gasteiger partial charge in [0.25, 0.3) is 0 Å². The van der Waals surface area contributed by atoms with E-state index in [1.165, 1.54) is 0 Å². The van der Waals surface area contributed by atoms with Crippen molar-refractivity contribution in [3.05, 3.63) is 0 Å². The topological polar surface area (TPSA) is 89.0 Å². The minimum absolute atomic E-state index is 0.0314. The highest BCUT2D eigenvalue weighted by atomic mass is 28.4. The SMILES string of the molecule is CCOC1(C(N)CC)O[Si](OCC)(OCC)CCC1C(C)N. The first-order valence-electron chi connectivity index (χ1n) is 8.54. The summed E-state index contributed by atoms with van der Waals surface area (Å²) >= 11 is 0. The summed E-state index contributed by atoms with van der Waals surface area (Å²) in [5, 5.41) is 0. The van der Waals surface area contributed by atoms with Crippen LogP contribution in [-0.4, -0.2) is 46.5 Å². The van der Waals surface area contributed by atoms with Crippen LogP contribution >= 0.6 is 0 Å². The molecule has 0 aromatic carbocycles. The lowest BCUT2D eigenvalue weighted by atomic mass is 9.83. The van der Waals surface area contributed by atoms with Crippen molar-refractivity contribution in [2.24, 2.45) is 17.4 Å². The molecule has 6 nitrogen and oxygen atoms in total. The Morgan fingerprint density at radius 1 is 1.14 bits per heavy atom. The molecule has 0 aliphatic carbocycles. The number of rotatable bonds is 9. The van der Waals surface area contributed by atoms with Crippen LogP contribution in [0.15, 0.2) is 0 Å². The number of ether oxygens (including phenoxy) is 1. The van der Waals surface area contributed by atoms with Crippen molar-refractivity contribution in [2.45, 2.75) is 71.4 Å². The molecule has 4 N–H and O–H groups in total. The first kappa shape index (κ1) is 20.0. The highest BCUT2D eigenvalue weighted by Gasteiger charge is 2.60. The predicted molar refractivity (Wildman–Crippen MR) is 89.3 cm³/mol. The van der Waals surface area contributed by atoms with Gasteiger partial charge in [-0.25, -0.2) is 0 Å². The van der Waals surface area contributed by atoms with Gasteiger partial charge in [0, 0.05) is 37.8 Å². The highest BCUT2D eigenvalue weighted by Crippen LogP contribution is 2.43. The summed E-state index contributed by atoms with van der Waals surface area (Å²) < 4.78 is 24.5. The molecule has 1 rings (SSSR count). The van der Waals surface area contributed by atoms with E-state index in [2.05, 4.69) is 0 Å². The van der Waals surface area contributed by atoms with E-state index in [4.69, 9.17) is 29.5 Å². The smallest absolute Gasteiger partial charge is 0.374 e. The molecule has 1 saturated heterocycles. The molecule has 1 aliphatic heterocycles. The van der Waals surface area contributed by atoms with Crippen LogP contribution in [0, 0.1) is 5.92 Å². The molecule has 0 radical (unpaired) electrons. The molecular formula is C15H34N2O4Si. The third kappa shape index (κ3) is 4.08. The monoisotopic (exact) mass is 334 g/mol. The van der Waals surface area contributed by atoms with Crippen molar-refractivity contribution >= 4 is 8.80 Å². The summed E-state index contributed by atoms with van der Waals surface area (Å²) in [6, 6.07) is 0.419. The van der Waals surface area contributed by atoms with E-state index in [-0.39, 0.29) is 18.0 Å². The van der Waals surface area contributed by atoms with E-state index in [1.54, 1.807) is 0 Å². The lowest BCUT2D eigenvalue weighted by Gasteiger charge is -2.52. The summed E-state index contributed by atoms with van der Waals surface area (Å²) in [5.41, 5.74) is 12.6. The van der Waals surface area contributed by atoms with Gasteiger partial charge in [0.05, 0.1) is 6.04 Å². The summed E-state index contributed by atoms with van der Waals surface area (Å²) in [4.78, 5) is 0. The van der Waals surface area contributed by atoms with Gasteiger partial charge >= 0.3 is 8.80 Å². The Hall–Kier alpha value is -0.0231. The van der Waals surface area contributed by atoms with Crippen LogP contribution in [0.1, 0.15) is 47.5 Å². The fourth-order valence-corrected chi connectivity index (χ4v) is 6.31. The van der Waals surface area contributed by atoms with Crippen molar-refractivity contribution in [1.29, 1.82) is 0 Å². The molecule has 0 aromatic heterocycles. The number of hydrogen-bond donors (Lipinski definition) is 2. The Labute approximate surface area is 136 Å². The summed E-state index contributed by atoms with van der Waals surface area (Å²) in [6.45, 7) is 11.5. The molecule has 4 atom stereocenters. The van der Waals surface area contributed by atoms with Crippen molar-refractivity contribution in [3.8, 4) is 0 Å². The molecule has 1 heterocycles. The van der Waals surface area contributed by atoms with Crippen LogP contribution in [0.3, 0.4) is 0 Å². The molecule has 1 aliphatic rings. The standard InChI is InChI=1S/C15H34N2O4Si/c1-6-14(17)15(18-7-2)13(12(5)16)10-11-22(21-15,19-8-3)20-9-4/h12-14H,6-11,16-17H2,1-5H3. The zero-order chi connectivity index (χ0) is 16.8. The number of nitrogens with two attached hydrogens (primary N) is 2. The highest BCUT2D eigenvalue weighted by molar-refractivity contribution is 6.61. The Morgan fingerprint density at radius 3 is 2.14 bits per heavy atom. The van der Waals surface area contributed by atoms with Gasteiger partial charge in [-0.05, 0) is 40.5 Å². The van der Waals surface area contributed by atoms with Crippen molar-refractivity contribution < 1.29 is 18.0 Å². The Morgan fingerprint density at radius 2 is 1.73 bits per heavy atom. The lowest BCUT2D eigenvalue weighted by Crippen LogP contribution is -2.69. The fourth-order valence-electron chi connectivity index (χ4n) is 3.32. The Kier molecular flexibility index (Phi) is 7.94. The normalized spacial score (nSPS) is 31.0. The summed E-state index contributed by atoms with van der Waals surface area (Å²) in [6.07, 6.45) is 1.59. The van der Waals surface area contributed by atoms with Gasteiger partial charge in [-0.1, -0.05) is 6.92 Å². The molecule has 7 heteroatoms. The van der Waals surface area contributed by atoms with Crippen molar-refractivity contribution in [1.82, 2.24) is 0 Å². The lowest BCUT2D eigenvalue weighted by molar-refractivity contribution is -0.265. The van der Waals surface area contributed by atoms with E-state index >= 15 is 0 Å². The molecule has 22 heavy (non-hydrogen) atoms. The predicted octanol–water partition coefficient (Wildman–Crippen LogP) is 1.85. The minimum atomic E-state index is -2.78. The van der Waals surface area contributed by atoms with E-state index < -0.39 is 14.6 Å². The molecule has 4 unspecified atom stereocenters. The molecule has 132 valence electrons. The van der Waals surface area contributed by atoms with Crippen molar-refractivity contribution in [3.63, 3.8) is 0 Å². The Bertz CT molecular complexity index is 327. The average Bonchev–Trinajstić information content (AvgIpc) is 2.47. The van der Waals surface area contributed by atoms with Crippen LogP contribution in [0.25, 0.3) is 0 Å². The van der Waals surface area contributed by atoms with Crippen LogP contribution in [0.2, 0.25) is 6.04 Å². The van der Waals surface area contributed by atoms with E-state index in [0.717, 1.165) is 18.9 Å². The van der Waals surface area contributed by atoms with Gasteiger partial charge in [0.2, 0.25) is 0 Å². The molecular weight excluding hydrogens is 300 g/mol. The first-order chi connectivity index (χ1) is 10.4. The quantitative estimate of drug-likeness (QED) is 0.626. The maximum absolute atomic E-state index is 6.48. The van der Waals surface area contributed by atoms with E-state index in [9.17, 15) is 0 Å². The maximum Gasteiger partial charge on any atom is 0.503 e. The third-order valence-electron chi connectivity index (χ3n) is 4.28. The zero-order valence-electron chi connectivity index (χ0n) is 14.8. The van der Waals surface area contributed by atoms with Crippen LogP contribution in [0.5, 0.6) is 0 Å². The van der Waals surface area contributed by atoms with Gasteiger partial charge in [0.1, 0.15) is 0 Å². The maximum atomic E-state index is 6.48. The molecule has 0 spiro atoms. The van der Waals surface area contributed by atoms with Crippen LogP contribution in [-0.2, 0) is 18.0 Å². The summed E-state index contributed by atoms with van der Waals surface area (Å²) in [5.74, 6) is -0.893. The van der Waals surface area contributed by atoms with Gasteiger partial charge in [-0.2, -0.15) is 0 Å². The van der Waals surface area contributed by atoms with Crippen LogP contribution in [0.4, 0.5) is 0 Å². The van der Waals surface area contributed by atoms with Crippen molar-refractivity contribution in [2.75, 3.05) is 19.8 Å².